The molecule has 0 fully saturated rings. The Morgan fingerprint density at radius 3 is 2.50 bits per heavy atom. The fraction of sp³-hybridized carbons (Fsp3) is 0.750. The molecule has 0 radical (unpaired) electrons. The zero-order chi connectivity index (χ0) is 8.04. The third-order valence-corrected chi connectivity index (χ3v) is 1.79. The molecule has 2 heteroatoms. The van der Waals surface area contributed by atoms with Gasteiger partial charge in [0, 0.05) is 0 Å². The van der Waals surface area contributed by atoms with Gasteiger partial charge in [0.05, 0.1) is 26.9 Å². The lowest BCUT2D eigenvalue weighted by Gasteiger charge is -2.27. The Labute approximate surface area is 63.7 Å². The highest BCUT2D eigenvalue weighted by Gasteiger charge is 2.09. The van der Waals surface area contributed by atoms with Crippen molar-refractivity contribution in [2.75, 3.05) is 33.8 Å². The largest absolute Gasteiger partial charge is 0.496 e. The molecule has 0 aromatic heterocycles. The van der Waals surface area contributed by atoms with E-state index in [-0.39, 0.29) is 0 Å². The summed E-state index contributed by atoms with van der Waals surface area (Å²) in [5, 5.41) is 0. The third kappa shape index (κ3) is 4.39. The van der Waals surface area contributed by atoms with E-state index in [9.17, 15) is 0 Å². The first kappa shape index (κ1) is 9.50. The molecule has 60 valence electrons. The second-order valence-corrected chi connectivity index (χ2v) is 3.01. The lowest BCUT2D eigenvalue weighted by atomic mass is 10.4. The van der Waals surface area contributed by atoms with Crippen LogP contribution in [0.4, 0.5) is 0 Å². The van der Waals surface area contributed by atoms with Crippen LogP contribution in [0.15, 0.2) is 12.8 Å². The van der Waals surface area contributed by atoms with Gasteiger partial charge in [-0.3, -0.25) is 0 Å². The summed E-state index contributed by atoms with van der Waals surface area (Å²) in [6.45, 7) is 8.60. The molecule has 0 N–H and O–H groups in total. The molecule has 0 aromatic rings. The number of hydrogen-bond donors (Lipinski definition) is 0. The normalized spacial score (nSPS) is 11.1. The predicted octanol–water partition coefficient (Wildman–Crippen LogP) is 1.24. The maximum atomic E-state index is 5.02. The second-order valence-electron chi connectivity index (χ2n) is 3.01. The summed E-state index contributed by atoms with van der Waals surface area (Å²) in [5.74, 6) is 0. The average Bonchev–Trinajstić information content (AvgIpc) is 1.89. The zero-order valence-electron chi connectivity index (χ0n) is 7.26. The first-order valence-corrected chi connectivity index (χ1v) is 3.67. The van der Waals surface area contributed by atoms with Crippen molar-refractivity contribution in [1.82, 2.24) is 0 Å². The van der Waals surface area contributed by atoms with Crippen LogP contribution in [0.1, 0.15) is 6.92 Å². The molecule has 0 atom stereocenters. The Balaban J connectivity index is 3.36. The topological polar surface area (TPSA) is 9.23 Å². The number of likely N-dealkylation sites (N-methyl/N-ethyl adjacent to an activating group) is 1. The van der Waals surface area contributed by atoms with Crippen molar-refractivity contribution in [2.24, 2.45) is 0 Å². The van der Waals surface area contributed by atoms with Crippen molar-refractivity contribution in [3.8, 4) is 0 Å². The summed E-state index contributed by atoms with van der Waals surface area (Å²) < 4.78 is 6.03. The first-order chi connectivity index (χ1) is 4.62. The van der Waals surface area contributed by atoms with Crippen molar-refractivity contribution in [3.05, 3.63) is 12.8 Å². The van der Waals surface area contributed by atoms with Gasteiger partial charge < -0.3 is 9.22 Å². The van der Waals surface area contributed by atoms with Crippen LogP contribution in [-0.4, -0.2) is 38.3 Å². The minimum absolute atomic E-state index is 0.768. The molecular formula is C8H18NO+. The Kier molecular flexibility index (Phi) is 4.12. The molecule has 0 rings (SSSR count). The summed E-state index contributed by atoms with van der Waals surface area (Å²) in [4.78, 5) is 0. The van der Waals surface area contributed by atoms with E-state index in [1.807, 2.05) is 0 Å². The maximum absolute atomic E-state index is 5.02. The second kappa shape index (κ2) is 4.34. The number of ether oxygens (including phenoxy) is 1. The smallest absolute Gasteiger partial charge is 0.136 e. The minimum Gasteiger partial charge on any atom is -0.496 e. The van der Waals surface area contributed by atoms with E-state index in [1.54, 1.807) is 0 Å². The summed E-state index contributed by atoms with van der Waals surface area (Å²) >= 11 is 0. The maximum Gasteiger partial charge on any atom is 0.136 e. The van der Waals surface area contributed by atoms with Gasteiger partial charge in [-0.2, -0.15) is 0 Å². The van der Waals surface area contributed by atoms with Gasteiger partial charge in [-0.15, -0.1) is 0 Å². The van der Waals surface area contributed by atoms with Gasteiger partial charge in [-0.25, -0.2) is 0 Å². The van der Waals surface area contributed by atoms with Crippen LogP contribution < -0.4 is 0 Å². The van der Waals surface area contributed by atoms with E-state index in [2.05, 4.69) is 27.6 Å². The molecule has 0 unspecified atom stereocenters. The fourth-order valence-electron chi connectivity index (χ4n) is 0.541. The molecule has 0 amide bonds. The molecule has 0 aliphatic heterocycles. The van der Waals surface area contributed by atoms with Crippen molar-refractivity contribution < 1.29 is 9.22 Å². The Morgan fingerprint density at radius 2 is 2.10 bits per heavy atom. The highest BCUT2D eigenvalue weighted by atomic mass is 16.5. The Morgan fingerprint density at radius 1 is 1.50 bits per heavy atom. The first-order valence-electron chi connectivity index (χ1n) is 3.67. The third-order valence-electron chi connectivity index (χ3n) is 1.79. The van der Waals surface area contributed by atoms with E-state index in [0.717, 1.165) is 24.2 Å². The van der Waals surface area contributed by atoms with Gasteiger partial charge >= 0.3 is 0 Å². The molecule has 0 saturated carbocycles. The molecule has 2 nitrogen and oxygen atoms in total. The van der Waals surface area contributed by atoms with E-state index >= 15 is 0 Å². The average molecular weight is 144 g/mol. The Hall–Kier alpha value is -0.500. The van der Waals surface area contributed by atoms with Gasteiger partial charge in [0.25, 0.3) is 0 Å². The zero-order valence-corrected chi connectivity index (χ0v) is 7.26. The molecule has 0 heterocycles. The number of rotatable bonds is 5. The SMILES string of the molecule is C=COCC[N+](C)(C)CC. The van der Waals surface area contributed by atoms with E-state index in [1.165, 1.54) is 6.26 Å². The quantitative estimate of drug-likeness (QED) is 0.320. The number of nitrogens with zero attached hydrogens (tertiary/aromatic N) is 1. The minimum atomic E-state index is 0.768. The Bertz CT molecular complexity index is 99.4. The van der Waals surface area contributed by atoms with E-state index in [0.29, 0.717) is 0 Å². The number of hydrogen-bond acceptors (Lipinski definition) is 1. The highest BCUT2D eigenvalue weighted by molar-refractivity contribution is 4.47. The summed E-state index contributed by atoms with van der Waals surface area (Å²) in [5.41, 5.74) is 0. The van der Waals surface area contributed by atoms with Crippen LogP contribution in [0.25, 0.3) is 0 Å². The van der Waals surface area contributed by atoms with Crippen molar-refractivity contribution in [3.63, 3.8) is 0 Å². The molecule has 0 saturated heterocycles. The molecule has 0 aromatic carbocycles. The van der Waals surface area contributed by atoms with E-state index < -0.39 is 0 Å². The summed E-state index contributed by atoms with van der Waals surface area (Å²) in [7, 11) is 4.37. The lowest BCUT2D eigenvalue weighted by molar-refractivity contribution is -0.888. The molecule has 0 aliphatic rings. The molecule has 0 spiro atoms. The standard InChI is InChI=1S/C8H18NO/c1-5-9(3,4)7-8-10-6-2/h6H,2,5,7-8H2,1,3-4H3/q+1. The monoisotopic (exact) mass is 144 g/mol. The van der Waals surface area contributed by atoms with Crippen LogP contribution >= 0.6 is 0 Å². The predicted molar refractivity (Wildman–Crippen MR) is 43.7 cm³/mol. The molecular weight excluding hydrogens is 126 g/mol. The lowest BCUT2D eigenvalue weighted by Crippen LogP contribution is -2.41. The van der Waals surface area contributed by atoms with Gasteiger partial charge in [-0.05, 0) is 6.92 Å². The van der Waals surface area contributed by atoms with E-state index in [4.69, 9.17) is 4.74 Å². The molecule has 0 bridgehead atoms. The van der Waals surface area contributed by atoms with Gasteiger partial charge in [-0.1, -0.05) is 6.58 Å². The van der Waals surface area contributed by atoms with Crippen LogP contribution in [0.5, 0.6) is 0 Å². The van der Waals surface area contributed by atoms with Gasteiger partial charge in [0.2, 0.25) is 0 Å². The van der Waals surface area contributed by atoms with Crippen molar-refractivity contribution in [2.45, 2.75) is 6.92 Å². The molecule has 10 heavy (non-hydrogen) atoms. The van der Waals surface area contributed by atoms with Gasteiger partial charge in [0.1, 0.15) is 13.2 Å². The van der Waals surface area contributed by atoms with Crippen molar-refractivity contribution >= 4 is 0 Å². The molecule has 0 aliphatic carbocycles. The summed E-state index contributed by atoms with van der Waals surface area (Å²) in [6, 6.07) is 0. The fourth-order valence-corrected chi connectivity index (χ4v) is 0.541. The van der Waals surface area contributed by atoms with Crippen LogP contribution in [-0.2, 0) is 4.74 Å². The van der Waals surface area contributed by atoms with Crippen LogP contribution in [0, 0.1) is 0 Å². The highest BCUT2D eigenvalue weighted by Crippen LogP contribution is 1.94. The van der Waals surface area contributed by atoms with Crippen LogP contribution in [0.2, 0.25) is 0 Å². The van der Waals surface area contributed by atoms with Crippen LogP contribution in [0.3, 0.4) is 0 Å². The van der Waals surface area contributed by atoms with Gasteiger partial charge in [0.15, 0.2) is 0 Å². The number of quaternary nitrogens is 1. The summed E-state index contributed by atoms with van der Waals surface area (Å²) in [6.07, 6.45) is 1.50. The van der Waals surface area contributed by atoms with Crippen molar-refractivity contribution in [1.29, 1.82) is 0 Å².